The van der Waals surface area contributed by atoms with Crippen LogP contribution in [-0.4, -0.2) is 39.5 Å². The Labute approximate surface area is 143 Å². The lowest BCUT2D eigenvalue weighted by molar-refractivity contribution is 0.0791. The van der Waals surface area contributed by atoms with Gasteiger partial charge < -0.3 is 4.90 Å². The molecule has 6 heteroatoms. The SMILES string of the molecule is O=C(c1cccc(I)c1Br)N1CCC2(C1)SCCS2. The third-order valence-corrected chi connectivity index (χ3v) is 9.47. The number of benzene rings is 1. The van der Waals surface area contributed by atoms with E-state index in [9.17, 15) is 4.79 Å². The molecule has 2 aliphatic rings. The first-order valence-electron chi connectivity index (χ1n) is 6.12. The summed E-state index contributed by atoms with van der Waals surface area (Å²) in [7, 11) is 0. The predicted molar refractivity (Wildman–Crippen MR) is 95.0 cm³/mol. The lowest BCUT2D eigenvalue weighted by Crippen LogP contribution is -2.31. The van der Waals surface area contributed by atoms with Crippen LogP contribution in [0.25, 0.3) is 0 Å². The van der Waals surface area contributed by atoms with Crippen molar-refractivity contribution in [1.29, 1.82) is 0 Å². The van der Waals surface area contributed by atoms with E-state index in [0.29, 0.717) is 0 Å². The van der Waals surface area contributed by atoms with Crippen LogP contribution in [0.2, 0.25) is 0 Å². The van der Waals surface area contributed by atoms with E-state index in [1.807, 2.05) is 46.6 Å². The van der Waals surface area contributed by atoms with E-state index in [4.69, 9.17) is 0 Å². The largest absolute Gasteiger partial charge is 0.336 e. The average Bonchev–Trinajstić information content (AvgIpc) is 3.03. The van der Waals surface area contributed by atoms with Crippen LogP contribution in [0.4, 0.5) is 0 Å². The standard InChI is InChI=1S/C13H13BrINOS2/c14-11-9(2-1-3-10(11)15)12(17)16-5-4-13(8-16)18-6-7-19-13/h1-3H,4-8H2. The third kappa shape index (κ3) is 2.82. The fraction of sp³-hybridized carbons (Fsp3) is 0.462. The molecule has 1 aromatic carbocycles. The van der Waals surface area contributed by atoms with Gasteiger partial charge in [-0.05, 0) is 57.1 Å². The summed E-state index contributed by atoms with van der Waals surface area (Å²) in [6.07, 6.45) is 1.12. The first-order valence-corrected chi connectivity index (χ1v) is 9.97. The lowest BCUT2D eigenvalue weighted by Gasteiger charge is -2.22. The van der Waals surface area contributed by atoms with Crippen molar-refractivity contribution in [2.24, 2.45) is 0 Å². The summed E-state index contributed by atoms with van der Waals surface area (Å²) in [5.74, 6) is 2.61. The number of carbonyl (C=O) groups excluding carboxylic acids is 1. The molecule has 0 bridgehead atoms. The Balaban J connectivity index is 1.80. The van der Waals surface area contributed by atoms with Crippen molar-refractivity contribution in [2.75, 3.05) is 24.6 Å². The van der Waals surface area contributed by atoms with Crippen LogP contribution in [0.15, 0.2) is 22.7 Å². The zero-order chi connectivity index (χ0) is 13.5. The minimum atomic E-state index is 0.162. The molecular weight excluding hydrogens is 457 g/mol. The third-order valence-electron chi connectivity index (χ3n) is 3.48. The Hall–Kier alpha value is 0.600. The molecular formula is C13H13BrINOS2. The second-order valence-electron chi connectivity index (χ2n) is 4.69. The minimum Gasteiger partial charge on any atom is -0.336 e. The zero-order valence-corrected chi connectivity index (χ0v) is 15.6. The zero-order valence-electron chi connectivity index (χ0n) is 10.2. The van der Waals surface area contributed by atoms with E-state index in [-0.39, 0.29) is 9.99 Å². The van der Waals surface area contributed by atoms with Gasteiger partial charge in [-0.1, -0.05) is 6.07 Å². The highest BCUT2D eigenvalue weighted by Crippen LogP contribution is 2.50. The minimum absolute atomic E-state index is 0.162. The normalized spacial score (nSPS) is 21.3. The molecule has 0 unspecified atom stereocenters. The van der Waals surface area contributed by atoms with E-state index in [0.717, 1.165) is 33.1 Å². The van der Waals surface area contributed by atoms with Crippen molar-refractivity contribution >= 4 is 68.0 Å². The predicted octanol–water partition coefficient (Wildman–Crippen LogP) is 4.08. The smallest absolute Gasteiger partial charge is 0.255 e. The van der Waals surface area contributed by atoms with Gasteiger partial charge in [-0.3, -0.25) is 4.79 Å². The van der Waals surface area contributed by atoms with Gasteiger partial charge in [-0.25, -0.2) is 0 Å². The van der Waals surface area contributed by atoms with Gasteiger partial charge in [0.05, 0.1) is 9.64 Å². The first-order chi connectivity index (χ1) is 9.11. The highest BCUT2D eigenvalue weighted by atomic mass is 127. The van der Waals surface area contributed by atoms with Gasteiger partial charge in [0.25, 0.3) is 5.91 Å². The molecule has 1 spiro atoms. The molecule has 2 heterocycles. The van der Waals surface area contributed by atoms with Crippen LogP contribution in [0.5, 0.6) is 0 Å². The van der Waals surface area contributed by atoms with Crippen molar-refractivity contribution < 1.29 is 4.79 Å². The van der Waals surface area contributed by atoms with Gasteiger partial charge in [0.1, 0.15) is 0 Å². The molecule has 2 nitrogen and oxygen atoms in total. The number of rotatable bonds is 1. The van der Waals surface area contributed by atoms with Gasteiger partial charge in [0, 0.05) is 32.6 Å². The summed E-state index contributed by atoms with van der Waals surface area (Å²) in [5, 5.41) is 0. The number of halogens is 2. The molecule has 3 rings (SSSR count). The number of likely N-dealkylation sites (tertiary alicyclic amines) is 1. The van der Waals surface area contributed by atoms with Gasteiger partial charge in [0.15, 0.2) is 0 Å². The van der Waals surface area contributed by atoms with E-state index < -0.39 is 0 Å². The highest BCUT2D eigenvalue weighted by molar-refractivity contribution is 14.1. The maximum atomic E-state index is 12.6. The van der Waals surface area contributed by atoms with E-state index in [2.05, 4.69) is 38.5 Å². The molecule has 2 fully saturated rings. The summed E-state index contributed by atoms with van der Waals surface area (Å²) in [5.41, 5.74) is 0.789. The summed E-state index contributed by atoms with van der Waals surface area (Å²) in [4.78, 5) is 14.6. The molecule has 1 amide bonds. The molecule has 19 heavy (non-hydrogen) atoms. The van der Waals surface area contributed by atoms with Gasteiger partial charge in [-0.15, -0.1) is 23.5 Å². The Morgan fingerprint density at radius 1 is 1.37 bits per heavy atom. The van der Waals surface area contributed by atoms with Gasteiger partial charge in [-0.2, -0.15) is 0 Å². The molecule has 0 N–H and O–H groups in total. The number of hydrogen-bond acceptors (Lipinski definition) is 3. The van der Waals surface area contributed by atoms with Crippen LogP contribution in [0.3, 0.4) is 0 Å². The highest BCUT2D eigenvalue weighted by Gasteiger charge is 2.43. The number of amides is 1. The van der Waals surface area contributed by atoms with Crippen LogP contribution in [-0.2, 0) is 0 Å². The van der Waals surface area contributed by atoms with Crippen molar-refractivity contribution in [3.63, 3.8) is 0 Å². The number of thioether (sulfide) groups is 2. The summed E-state index contributed by atoms with van der Waals surface area (Å²) in [6, 6.07) is 5.87. The Morgan fingerprint density at radius 2 is 2.11 bits per heavy atom. The molecule has 1 aromatic rings. The Bertz CT molecular complexity index is 519. The molecule has 102 valence electrons. The van der Waals surface area contributed by atoms with Crippen molar-refractivity contribution in [3.8, 4) is 0 Å². The molecule has 2 aliphatic heterocycles. The maximum Gasteiger partial charge on any atom is 0.255 e. The van der Waals surface area contributed by atoms with Crippen LogP contribution in [0.1, 0.15) is 16.8 Å². The van der Waals surface area contributed by atoms with Crippen molar-refractivity contribution in [1.82, 2.24) is 4.90 Å². The summed E-state index contributed by atoms with van der Waals surface area (Å²) < 4.78 is 2.29. The van der Waals surface area contributed by atoms with Crippen LogP contribution < -0.4 is 0 Å². The monoisotopic (exact) mass is 469 g/mol. The Kier molecular flexibility index (Phi) is 4.41. The summed E-state index contributed by atoms with van der Waals surface area (Å²) >= 11 is 9.85. The molecule has 0 atom stereocenters. The molecule has 0 aliphatic carbocycles. The molecule has 0 saturated carbocycles. The fourth-order valence-corrected chi connectivity index (χ4v) is 6.64. The fourth-order valence-electron chi connectivity index (χ4n) is 2.50. The topological polar surface area (TPSA) is 20.3 Å². The quantitative estimate of drug-likeness (QED) is 0.578. The van der Waals surface area contributed by atoms with Crippen molar-refractivity contribution in [2.45, 2.75) is 10.5 Å². The van der Waals surface area contributed by atoms with Crippen molar-refractivity contribution in [3.05, 3.63) is 31.8 Å². The second kappa shape index (κ2) is 5.77. The molecule has 0 radical (unpaired) electrons. The Morgan fingerprint density at radius 3 is 2.84 bits per heavy atom. The van der Waals surface area contributed by atoms with Crippen LogP contribution in [0, 0.1) is 3.57 Å². The van der Waals surface area contributed by atoms with E-state index in [1.54, 1.807) is 0 Å². The first kappa shape index (κ1) is 14.5. The number of carbonyl (C=O) groups is 1. The van der Waals surface area contributed by atoms with E-state index >= 15 is 0 Å². The molecule has 0 aromatic heterocycles. The number of nitrogens with zero attached hydrogens (tertiary/aromatic N) is 1. The lowest BCUT2D eigenvalue weighted by atomic mass is 10.2. The van der Waals surface area contributed by atoms with E-state index in [1.165, 1.54) is 11.5 Å². The average molecular weight is 470 g/mol. The van der Waals surface area contributed by atoms with Crippen LogP contribution >= 0.6 is 62.0 Å². The summed E-state index contributed by atoms with van der Waals surface area (Å²) in [6.45, 7) is 1.77. The second-order valence-corrected chi connectivity index (χ2v) is 9.86. The molecule has 2 saturated heterocycles. The van der Waals surface area contributed by atoms with Gasteiger partial charge in [0.2, 0.25) is 0 Å². The number of hydrogen-bond donors (Lipinski definition) is 0. The van der Waals surface area contributed by atoms with Gasteiger partial charge >= 0.3 is 0 Å². The maximum absolute atomic E-state index is 12.6.